The molecule has 2 aromatic carbocycles. The molecule has 0 saturated heterocycles. The van der Waals surface area contributed by atoms with Crippen LogP contribution in [0.1, 0.15) is 21.9 Å². The minimum Gasteiger partial charge on any atom is -0.457 e. The minimum atomic E-state index is -0.264. The molecule has 0 radical (unpaired) electrons. The molecule has 1 N–H and O–H groups in total. The van der Waals surface area contributed by atoms with E-state index in [4.69, 9.17) is 21.3 Å². The number of hydrogen-bond acceptors (Lipinski definition) is 5. The number of aryl methyl sites for hydroxylation is 1. The van der Waals surface area contributed by atoms with Crippen LogP contribution in [0.4, 0.5) is 0 Å². The summed E-state index contributed by atoms with van der Waals surface area (Å²) < 4.78 is 8.07. The largest absolute Gasteiger partial charge is 0.457 e. The third-order valence-electron chi connectivity index (χ3n) is 5.55. The summed E-state index contributed by atoms with van der Waals surface area (Å²) in [5, 5.41) is 5.36. The zero-order valence-electron chi connectivity index (χ0n) is 18.6. The van der Waals surface area contributed by atoms with Crippen molar-refractivity contribution in [2.75, 3.05) is 7.05 Å². The van der Waals surface area contributed by atoms with Crippen molar-refractivity contribution in [3.8, 4) is 21.9 Å². The van der Waals surface area contributed by atoms with Gasteiger partial charge >= 0.3 is 0 Å². The maximum atomic E-state index is 11.8. The molecule has 0 unspecified atom stereocenters. The molecule has 3 heterocycles. The average molecular weight is 489 g/mol. The maximum absolute atomic E-state index is 11.8. The lowest BCUT2D eigenvalue weighted by Gasteiger charge is -2.07. The number of nitrogens with one attached hydrogen (secondary N) is 1. The summed E-state index contributed by atoms with van der Waals surface area (Å²) >= 11 is 8.12. The van der Waals surface area contributed by atoms with Crippen LogP contribution in [0.3, 0.4) is 0 Å². The maximum Gasteiger partial charge on any atom is 0.269 e. The molecular weight excluding hydrogens is 468 g/mol. The number of aromatic nitrogens is 3. The van der Waals surface area contributed by atoms with Gasteiger partial charge in [0.1, 0.15) is 23.0 Å². The Bertz CT molecular complexity index is 1490. The van der Waals surface area contributed by atoms with Crippen LogP contribution in [-0.2, 0) is 13.5 Å². The van der Waals surface area contributed by atoms with Crippen molar-refractivity contribution in [1.29, 1.82) is 0 Å². The van der Waals surface area contributed by atoms with Gasteiger partial charge in [-0.1, -0.05) is 23.7 Å². The fourth-order valence-corrected chi connectivity index (χ4v) is 4.83. The Kier molecular flexibility index (Phi) is 6.04. The molecule has 0 fully saturated rings. The highest BCUT2D eigenvalue weighted by Crippen LogP contribution is 2.33. The van der Waals surface area contributed by atoms with Crippen molar-refractivity contribution in [2.24, 2.45) is 7.05 Å². The molecule has 0 aliphatic rings. The molecule has 5 aromatic rings. The van der Waals surface area contributed by atoms with E-state index in [0.717, 1.165) is 37.9 Å². The first-order chi connectivity index (χ1) is 16.5. The molecule has 0 saturated carbocycles. The highest BCUT2D eigenvalue weighted by atomic mass is 35.5. The number of benzene rings is 2. The van der Waals surface area contributed by atoms with Gasteiger partial charge in [0.15, 0.2) is 0 Å². The number of carbonyl (C=O) groups excluding carboxylic acids is 1. The number of ether oxygens (including phenoxy) is 1. The normalized spacial score (nSPS) is 11.0. The summed E-state index contributed by atoms with van der Waals surface area (Å²) in [5.41, 5.74) is 4.32. The number of nitrogens with zero attached hydrogens (tertiary/aromatic N) is 3. The number of fused-ring (bicyclic) bond motifs is 1. The number of hydrogen-bond donors (Lipinski definition) is 1. The number of thiophene rings is 1. The molecule has 170 valence electrons. The zero-order valence-corrected chi connectivity index (χ0v) is 20.2. The Hall–Kier alpha value is -3.68. The zero-order chi connectivity index (χ0) is 23.7. The fraction of sp³-hybridized carbons (Fsp3) is 0.115. The Balaban J connectivity index is 1.41. The van der Waals surface area contributed by atoms with Crippen molar-refractivity contribution < 1.29 is 9.53 Å². The Labute approximate surface area is 205 Å². The van der Waals surface area contributed by atoms with Crippen molar-refractivity contribution >= 4 is 39.9 Å². The highest BCUT2D eigenvalue weighted by Gasteiger charge is 2.13. The molecule has 0 bridgehead atoms. The third kappa shape index (κ3) is 4.40. The number of rotatable bonds is 6. The molecule has 5 rings (SSSR count). The molecule has 0 atom stereocenters. The van der Waals surface area contributed by atoms with Crippen LogP contribution in [0, 0.1) is 0 Å². The van der Waals surface area contributed by atoms with E-state index in [1.165, 1.54) is 0 Å². The lowest BCUT2D eigenvalue weighted by Crippen LogP contribution is -2.18. The van der Waals surface area contributed by atoms with E-state index in [9.17, 15) is 4.79 Å². The summed E-state index contributed by atoms with van der Waals surface area (Å²) in [6, 6.07) is 19.3. The first-order valence-corrected chi connectivity index (χ1v) is 11.9. The van der Waals surface area contributed by atoms with E-state index in [1.54, 1.807) is 36.7 Å². The smallest absolute Gasteiger partial charge is 0.269 e. The van der Waals surface area contributed by atoms with Gasteiger partial charge < -0.3 is 14.6 Å². The van der Waals surface area contributed by atoms with Crippen LogP contribution >= 0.6 is 22.9 Å². The standard InChI is InChI=1S/C26H21ClN4O2S/c1-28-26(32)22-15-18(9-10-29-22)33-17-6-8-23-21(14-17)30-25(31(23)2)13-16-5-7-20(27)19(12-16)24-4-3-11-34-24/h3-12,14-15H,13H2,1-2H3,(H,28,32). The lowest BCUT2D eigenvalue weighted by atomic mass is 10.1. The minimum absolute atomic E-state index is 0.264. The molecule has 0 aliphatic heterocycles. The van der Waals surface area contributed by atoms with Crippen molar-refractivity contribution in [3.05, 3.63) is 94.3 Å². The van der Waals surface area contributed by atoms with Gasteiger partial charge in [-0.3, -0.25) is 9.78 Å². The summed E-state index contributed by atoms with van der Waals surface area (Å²) in [4.78, 5) is 21.9. The Morgan fingerprint density at radius 3 is 2.76 bits per heavy atom. The molecule has 3 aromatic heterocycles. The fourth-order valence-electron chi connectivity index (χ4n) is 3.80. The molecule has 0 spiro atoms. The van der Waals surface area contributed by atoms with Gasteiger partial charge in [0, 0.05) is 54.3 Å². The predicted octanol–water partition coefficient (Wildman–Crippen LogP) is 6.09. The van der Waals surface area contributed by atoms with Gasteiger partial charge in [-0.15, -0.1) is 11.3 Å². The van der Waals surface area contributed by atoms with Crippen LogP contribution in [-0.4, -0.2) is 27.5 Å². The van der Waals surface area contributed by atoms with Crippen LogP contribution in [0.2, 0.25) is 5.02 Å². The second-order valence-corrected chi connectivity index (χ2v) is 9.12. The topological polar surface area (TPSA) is 69.0 Å². The van der Waals surface area contributed by atoms with E-state index in [2.05, 4.69) is 32.4 Å². The van der Waals surface area contributed by atoms with E-state index < -0.39 is 0 Å². The van der Waals surface area contributed by atoms with Gasteiger partial charge in [-0.25, -0.2) is 4.98 Å². The van der Waals surface area contributed by atoms with Crippen molar-refractivity contribution in [2.45, 2.75) is 6.42 Å². The average Bonchev–Trinajstić information content (AvgIpc) is 3.48. The first-order valence-electron chi connectivity index (χ1n) is 10.7. The van der Waals surface area contributed by atoms with Gasteiger partial charge in [-0.2, -0.15) is 0 Å². The van der Waals surface area contributed by atoms with Crippen LogP contribution < -0.4 is 10.1 Å². The number of imidazole rings is 1. The van der Waals surface area contributed by atoms with Crippen LogP contribution in [0.5, 0.6) is 11.5 Å². The molecule has 8 heteroatoms. The summed E-state index contributed by atoms with van der Waals surface area (Å²) in [6.45, 7) is 0. The predicted molar refractivity (Wildman–Crippen MR) is 136 cm³/mol. The molecule has 0 aliphatic carbocycles. The Morgan fingerprint density at radius 1 is 1.12 bits per heavy atom. The van der Waals surface area contributed by atoms with Crippen molar-refractivity contribution in [1.82, 2.24) is 19.9 Å². The van der Waals surface area contributed by atoms with E-state index in [1.807, 2.05) is 43.4 Å². The van der Waals surface area contributed by atoms with Crippen LogP contribution in [0.25, 0.3) is 21.5 Å². The highest BCUT2D eigenvalue weighted by molar-refractivity contribution is 7.13. The van der Waals surface area contributed by atoms with Gasteiger partial charge in [0.25, 0.3) is 5.91 Å². The van der Waals surface area contributed by atoms with Gasteiger partial charge in [-0.05, 0) is 47.3 Å². The summed E-state index contributed by atoms with van der Waals surface area (Å²) in [6.07, 6.45) is 2.23. The number of halogens is 1. The van der Waals surface area contributed by atoms with Crippen LogP contribution in [0.15, 0.2) is 72.2 Å². The molecule has 6 nitrogen and oxygen atoms in total. The first kappa shape index (κ1) is 22.1. The van der Waals surface area contributed by atoms with Gasteiger partial charge in [0.2, 0.25) is 0 Å². The third-order valence-corrected chi connectivity index (χ3v) is 6.78. The SMILES string of the molecule is CNC(=O)c1cc(Oc2ccc3c(c2)nc(Cc2ccc(Cl)c(-c4cccs4)c2)n3C)ccn1. The Morgan fingerprint density at radius 2 is 1.97 bits per heavy atom. The second kappa shape index (κ2) is 9.29. The van der Waals surface area contributed by atoms with Crippen molar-refractivity contribution in [3.63, 3.8) is 0 Å². The number of amides is 1. The summed E-state index contributed by atoms with van der Waals surface area (Å²) in [5.74, 6) is 1.85. The van der Waals surface area contributed by atoms with E-state index in [-0.39, 0.29) is 5.91 Å². The number of pyridine rings is 1. The molecule has 34 heavy (non-hydrogen) atoms. The number of carbonyl (C=O) groups is 1. The quantitative estimate of drug-likeness (QED) is 0.314. The monoisotopic (exact) mass is 488 g/mol. The molecule has 1 amide bonds. The van der Waals surface area contributed by atoms with E-state index >= 15 is 0 Å². The molecular formula is C26H21ClN4O2S. The second-order valence-electron chi connectivity index (χ2n) is 7.76. The van der Waals surface area contributed by atoms with E-state index in [0.29, 0.717) is 23.6 Å². The van der Waals surface area contributed by atoms with Gasteiger partial charge in [0.05, 0.1) is 11.0 Å². The summed E-state index contributed by atoms with van der Waals surface area (Å²) in [7, 11) is 3.58. The lowest BCUT2D eigenvalue weighted by molar-refractivity contribution is 0.0958.